The molecule has 1 rings (SSSR count). The first-order valence-corrected chi connectivity index (χ1v) is 5.66. The highest BCUT2D eigenvalue weighted by molar-refractivity contribution is 5.76. The van der Waals surface area contributed by atoms with Crippen LogP contribution in [-0.2, 0) is 20.8 Å². The van der Waals surface area contributed by atoms with Crippen molar-refractivity contribution in [2.75, 3.05) is 0 Å². The first-order valence-electron chi connectivity index (χ1n) is 5.66. The van der Waals surface area contributed by atoms with Gasteiger partial charge in [0.05, 0.1) is 6.42 Å². The summed E-state index contributed by atoms with van der Waals surface area (Å²) < 4.78 is 9.90. The average molecular weight is 266 g/mol. The maximum atomic E-state index is 11.2. The van der Waals surface area contributed by atoms with Gasteiger partial charge in [-0.2, -0.15) is 0 Å². The summed E-state index contributed by atoms with van der Waals surface area (Å²) in [6.07, 6.45) is -0.0351. The molecule has 19 heavy (non-hydrogen) atoms. The normalized spacial score (nSPS) is 9.79. The maximum absolute atomic E-state index is 11.2. The number of aliphatic carboxylic acids is 1. The van der Waals surface area contributed by atoms with Crippen molar-refractivity contribution in [3.8, 4) is 11.5 Å². The van der Waals surface area contributed by atoms with Gasteiger partial charge in [0.1, 0.15) is 0 Å². The highest BCUT2D eigenvalue weighted by Crippen LogP contribution is 2.29. The zero-order chi connectivity index (χ0) is 14.4. The largest absolute Gasteiger partial charge is 0.481 e. The molecule has 0 saturated heterocycles. The number of carboxylic acid groups (broad SMARTS) is 1. The van der Waals surface area contributed by atoms with E-state index in [4.69, 9.17) is 14.6 Å². The van der Waals surface area contributed by atoms with E-state index in [1.807, 2.05) is 0 Å². The van der Waals surface area contributed by atoms with Gasteiger partial charge in [-0.25, -0.2) is 0 Å². The van der Waals surface area contributed by atoms with Crippen LogP contribution in [0.1, 0.15) is 25.8 Å². The molecule has 0 spiro atoms. The third-order valence-electron chi connectivity index (χ3n) is 2.13. The minimum atomic E-state index is -1.01. The lowest BCUT2D eigenvalue weighted by Crippen LogP contribution is -2.10. The van der Waals surface area contributed by atoms with E-state index < -0.39 is 17.9 Å². The van der Waals surface area contributed by atoms with E-state index in [0.29, 0.717) is 5.56 Å². The van der Waals surface area contributed by atoms with Crippen LogP contribution in [0, 0.1) is 0 Å². The molecule has 102 valence electrons. The molecule has 0 radical (unpaired) electrons. The Morgan fingerprint density at radius 3 is 2.37 bits per heavy atom. The highest BCUT2D eigenvalue weighted by Gasteiger charge is 2.13. The number of esters is 2. The molecule has 6 heteroatoms. The van der Waals surface area contributed by atoms with Crippen molar-refractivity contribution >= 4 is 17.9 Å². The highest BCUT2D eigenvalue weighted by atomic mass is 16.6. The molecule has 0 aliphatic carbocycles. The van der Waals surface area contributed by atoms with E-state index in [0.717, 1.165) is 0 Å². The number of carbonyl (C=O) groups excluding carboxylic acids is 2. The fraction of sp³-hybridized carbons (Fsp3) is 0.308. The SMILES string of the molecule is CCC(=O)Oc1ccc(CC(=O)O)cc1OC(C)=O. The lowest BCUT2D eigenvalue weighted by Gasteiger charge is -2.10. The van der Waals surface area contributed by atoms with Gasteiger partial charge in [0.25, 0.3) is 0 Å². The van der Waals surface area contributed by atoms with Crippen molar-refractivity contribution in [1.29, 1.82) is 0 Å². The zero-order valence-corrected chi connectivity index (χ0v) is 10.6. The van der Waals surface area contributed by atoms with Crippen molar-refractivity contribution in [2.45, 2.75) is 26.7 Å². The lowest BCUT2D eigenvalue weighted by molar-refractivity contribution is -0.136. The van der Waals surface area contributed by atoms with Gasteiger partial charge in [0, 0.05) is 13.3 Å². The molecule has 1 aromatic carbocycles. The van der Waals surface area contributed by atoms with Crippen LogP contribution in [-0.4, -0.2) is 23.0 Å². The molecule has 6 nitrogen and oxygen atoms in total. The Hall–Kier alpha value is -2.37. The van der Waals surface area contributed by atoms with Gasteiger partial charge >= 0.3 is 17.9 Å². The Balaban J connectivity index is 3.04. The van der Waals surface area contributed by atoms with Crippen LogP contribution in [0.15, 0.2) is 18.2 Å². The van der Waals surface area contributed by atoms with Crippen molar-refractivity contribution < 1.29 is 29.0 Å². The summed E-state index contributed by atoms with van der Waals surface area (Å²) in [5.41, 5.74) is 0.444. The van der Waals surface area contributed by atoms with Crippen molar-refractivity contribution in [3.63, 3.8) is 0 Å². The summed E-state index contributed by atoms with van der Waals surface area (Å²) in [6, 6.07) is 4.28. The van der Waals surface area contributed by atoms with Crippen molar-refractivity contribution in [2.24, 2.45) is 0 Å². The predicted molar refractivity (Wildman–Crippen MR) is 65.0 cm³/mol. The predicted octanol–water partition coefficient (Wildman–Crippen LogP) is 1.55. The Bertz CT molecular complexity index is 506. The van der Waals surface area contributed by atoms with Gasteiger partial charge in [-0.1, -0.05) is 13.0 Å². The number of benzene rings is 1. The second-order valence-electron chi connectivity index (χ2n) is 3.77. The third kappa shape index (κ3) is 4.79. The van der Waals surface area contributed by atoms with Crippen LogP contribution in [0.3, 0.4) is 0 Å². The molecule has 0 bridgehead atoms. The number of carboxylic acids is 1. The maximum Gasteiger partial charge on any atom is 0.311 e. The fourth-order valence-electron chi connectivity index (χ4n) is 1.35. The van der Waals surface area contributed by atoms with E-state index in [-0.39, 0.29) is 24.3 Å². The smallest absolute Gasteiger partial charge is 0.311 e. The van der Waals surface area contributed by atoms with Gasteiger partial charge in [-0.15, -0.1) is 0 Å². The van der Waals surface area contributed by atoms with E-state index in [1.54, 1.807) is 6.92 Å². The molecule has 1 N–H and O–H groups in total. The van der Waals surface area contributed by atoms with E-state index >= 15 is 0 Å². The minimum Gasteiger partial charge on any atom is -0.481 e. The monoisotopic (exact) mass is 266 g/mol. The molecule has 0 unspecified atom stereocenters. The molecule has 0 heterocycles. The first-order chi connectivity index (χ1) is 8.92. The van der Waals surface area contributed by atoms with Gasteiger partial charge in [-0.3, -0.25) is 14.4 Å². The number of hydrogen-bond donors (Lipinski definition) is 1. The molecule has 1 aromatic rings. The molecule has 0 aromatic heterocycles. The van der Waals surface area contributed by atoms with Gasteiger partial charge in [-0.05, 0) is 17.7 Å². The summed E-state index contributed by atoms with van der Waals surface area (Å²) in [5.74, 6) is -1.93. The second-order valence-corrected chi connectivity index (χ2v) is 3.77. The lowest BCUT2D eigenvalue weighted by atomic mass is 10.1. The second kappa shape index (κ2) is 6.53. The summed E-state index contributed by atoms with van der Waals surface area (Å²) in [6.45, 7) is 2.84. The van der Waals surface area contributed by atoms with Crippen LogP contribution in [0.2, 0.25) is 0 Å². The Morgan fingerprint density at radius 1 is 1.16 bits per heavy atom. The van der Waals surface area contributed by atoms with Crippen LogP contribution >= 0.6 is 0 Å². The molecular weight excluding hydrogens is 252 g/mol. The zero-order valence-electron chi connectivity index (χ0n) is 10.6. The summed E-state index contributed by atoms with van der Waals surface area (Å²) >= 11 is 0. The Labute approximate surface area is 109 Å². The number of rotatable bonds is 5. The Morgan fingerprint density at radius 2 is 1.84 bits per heavy atom. The minimum absolute atomic E-state index is 0.0352. The average Bonchev–Trinajstić information content (AvgIpc) is 2.30. The van der Waals surface area contributed by atoms with Crippen LogP contribution < -0.4 is 9.47 Å². The molecule has 0 saturated carbocycles. The number of carbonyl (C=O) groups is 3. The molecule has 0 atom stereocenters. The van der Waals surface area contributed by atoms with E-state index in [1.165, 1.54) is 25.1 Å². The van der Waals surface area contributed by atoms with E-state index in [9.17, 15) is 14.4 Å². The van der Waals surface area contributed by atoms with Crippen LogP contribution in [0.25, 0.3) is 0 Å². The third-order valence-corrected chi connectivity index (χ3v) is 2.13. The first kappa shape index (κ1) is 14.7. The molecule has 0 amide bonds. The summed E-state index contributed by atoms with van der Waals surface area (Å²) in [5, 5.41) is 8.70. The van der Waals surface area contributed by atoms with Crippen LogP contribution in [0.5, 0.6) is 11.5 Å². The molecule has 0 fully saturated rings. The van der Waals surface area contributed by atoms with E-state index in [2.05, 4.69) is 0 Å². The molecular formula is C13H14O6. The standard InChI is InChI=1S/C13H14O6/c1-3-13(17)19-10-5-4-9(7-12(15)16)6-11(10)18-8(2)14/h4-6H,3,7H2,1-2H3,(H,15,16). The Kier molecular flexibility index (Phi) is 5.05. The van der Waals surface area contributed by atoms with Crippen molar-refractivity contribution in [3.05, 3.63) is 23.8 Å². The summed E-state index contributed by atoms with van der Waals surface area (Å²) in [4.78, 5) is 32.8. The van der Waals surface area contributed by atoms with Gasteiger partial charge in [0.2, 0.25) is 0 Å². The summed E-state index contributed by atoms with van der Waals surface area (Å²) in [7, 11) is 0. The quantitative estimate of drug-likeness (QED) is 0.642. The molecule has 0 aliphatic heterocycles. The molecule has 0 aliphatic rings. The topological polar surface area (TPSA) is 89.9 Å². The van der Waals surface area contributed by atoms with Crippen LogP contribution in [0.4, 0.5) is 0 Å². The number of hydrogen-bond acceptors (Lipinski definition) is 5. The van der Waals surface area contributed by atoms with Gasteiger partial charge < -0.3 is 14.6 Å². The van der Waals surface area contributed by atoms with Gasteiger partial charge in [0.15, 0.2) is 11.5 Å². The van der Waals surface area contributed by atoms with Crippen molar-refractivity contribution in [1.82, 2.24) is 0 Å². The fourth-order valence-corrected chi connectivity index (χ4v) is 1.35. The number of ether oxygens (including phenoxy) is 2.